The van der Waals surface area contributed by atoms with Crippen molar-refractivity contribution in [3.05, 3.63) is 39.7 Å². The quantitative estimate of drug-likeness (QED) is 0.629. The van der Waals surface area contributed by atoms with Crippen LogP contribution in [0.15, 0.2) is 18.2 Å². The number of benzene rings is 1. The smallest absolute Gasteiger partial charge is 0.282 e. The minimum absolute atomic E-state index is 0.160. The van der Waals surface area contributed by atoms with Gasteiger partial charge in [-0.3, -0.25) is 14.9 Å². The zero-order chi connectivity index (χ0) is 14.7. The maximum atomic E-state index is 13.3. The summed E-state index contributed by atoms with van der Waals surface area (Å²) in [5.74, 6) is -0.644. The van der Waals surface area contributed by atoms with E-state index in [9.17, 15) is 19.3 Å². The molecule has 1 unspecified atom stereocenters. The summed E-state index contributed by atoms with van der Waals surface area (Å²) in [4.78, 5) is 24.2. The van der Waals surface area contributed by atoms with Crippen LogP contribution in [-0.2, 0) is 0 Å². The Morgan fingerprint density at radius 1 is 1.55 bits per heavy atom. The van der Waals surface area contributed by atoms with Crippen LogP contribution in [0.3, 0.4) is 0 Å². The lowest BCUT2D eigenvalue weighted by atomic mass is 10.0. The molecule has 0 N–H and O–H groups in total. The predicted octanol–water partition coefficient (Wildman–Crippen LogP) is 3.00. The fourth-order valence-electron chi connectivity index (χ4n) is 2.67. The van der Waals surface area contributed by atoms with Gasteiger partial charge in [-0.25, -0.2) is 4.39 Å². The second-order valence-corrected chi connectivity index (χ2v) is 5.11. The normalized spacial score (nSPS) is 18.3. The van der Waals surface area contributed by atoms with Crippen LogP contribution in [0.2, 0.25) is 0 Å². The summed E-state index contributed by atoms with van der Waals surface area (Å²) < 4.78 is 13.3. The van der Waals surface area contributed by atoms with Crippen molar-refractivity contribution in [1.29, 1.82) is 0 Å². The van der Waals surface area contributed by atoms with Crippen molar-refractivity contribution < 1.29 is 14.1 Å². The van der Waals surface area contributed by atoms with Crippen molar-refractivity contribution >= 4 is 11.6 Å². The number of halogens is 1. The van der Waals surface area contributed by atoms with Gasteiger partial charge in [0.2, 0.25) is 0 Å². The van der Waals surface area contributed by atoms with E-state index in [1.807, 2.05) is 0 Å². The van der Waals surface area contributed by atoms with Gasteiger partial charge in [-0.15, -0.1) is 0 Å². The van der Waals surface area contributed by atoms with Gasteiger partial charge in [-0.05, 0) is 30.9 Å². The van der Waals surface area contributed by atoms with E-state index in [2.05, 4.69) is 6.92 Å². The first-order valence-electron chi connectivity index (χ1n) is 6.76. The Labute approximate surface area is 116 Å². The van der Waals surface area contributed by atoms with Crippen LogP contribution in [0.25, 0.3) is 0 Å². The van der Waals surface area contributed by atoms with E-state index in [1.54, 1.807) is 4.90 Å². The van der Waals surface area contributed by atoms with Crippen LogP contribution in [0.4, 0.5) is 10.1 Å². The van der Waals surface area contributed by atoms with E-state index in [0.29, 0.717) is 19.0 Å². The number of carbonyl (C=O) groups is 1. The van der Waals surface area contributed by atoms with Crippen LogP contribution in [0.1, 0.15) is 36.5 Å². The molecule has 2 rings (SSSR count). The number of likely N-dealkylation sites (tertiary alicyclic amines) is 1. The van der Waals surface area contributed by atoms with Gasteiger partial charge in [0.1, 0.15) is 11.4 Å². The maximum Gasteiger partial charge on any atom is 0.282 e. The Balaban J connectivity index is 2.21. The molecule has 0 saturated carbocycles. The molecule has 5 nitrogen and oxygen atoms in total. The lowest BCUT2D eigenvalue weighted by molar-refractivity contribution is -0.385. The highest BCUT2D eigenvalue weighted by Gasteiger charge is 2.30. The van der Waals surface area contributed by atoms with E-state index in [4.69, 9.17) is 0 Å². The third kappa shape index (κ3) is 2.95. The molecule has 20 heavy (non-hydrogen) atoms. The minimum atomic E-state index is -0.647. The maximum absolute atomic E-state index is 13.3. The van der Waals surface area contributed by atoms with Gasteiger partial charge in [0.05, 0.1) is 4.92 Å². The highest BCUT2D eigenvalue weighted by molar-refractivity contribution is 5.98. The highest BCUT2D eigenvalue weighted by atomic mass is 19.1. The largest absolute Gasteiger partial charge is 0.338 e. The number of hydrogen-bond acceptors (Lipinski definition) is 3. The number of rotatable bonds is 4. The second kappa shape index (κ2) is 5.98. The number of hydrogen-bond donors (Lipinski definition) is 0. The summed E-state index contributed by atoms with van der Waals surface area (Å²) in [6.07, 6.45) is 2.99. The number of nitro benzene ring substituents is 1. The molecular weight excluding hydrogens is 263 g/mol. The first kappa shape index (κ1) is 14.4. The molecule has 1 aliphatic rings. The van der Waals surface area contributed by atoms with E-state index < -0.39 is 16.6 Å². The molecular formula is C14H17FN2O3. The van der Waals surface area contributed by atoms with Crippen molar-refractivity contribution in [3.8, 4) is 0 Å². The molecule has 108 valence electrons. The van der Waals surface area contributed by atoms with Crippen LogP contribution in [0.5, 0.6) is 0 Å². The fourth-order valence-corrected chi connectivity index (χ4v) is 2.67. The van der Waals surface area contributed by atoms with E-state index >= 15 is 0 Å². The van der Waals surface area contributed by atoms with Crippen LogP contribution >= 0.6 is 0 Å². The van der Waals surface area contributed by atoms with Gasteiger partial charge in [0.25, 0.3) is 11.6 Å². The zero-order valence-corrected chi connectivity index (χ0v) is 11.3. The Hall–Kier alpha value is -1.98. The molecule has 0 aromatic heterocycles. The van der Waals surface area contributed by atoms with Gasteiger partial charge in [-0.1, -0.05) is 13.3 Å². The predicted molar refractivity (Wildman–Crippen MR) is 72.0 cm³/mol. The van der Waals surface area contributed by atoms with Crippen LogP contribution < -0.4 is 0 Å². The van der Waals surface area contributed by atoms with Gasteiger partial charge < -0.3 is 4.90 Å². The third-order valence-corrected chi connectivity index (χ3v) is 3.66. The Morgan fingerprint density at radius 2 is 2.30 bits per heavy atom. The molecule has 6 heteroatoms. The summed E-state index contributed by atoms with van der Waals surface area (Å²) in [5.41, 5.74) is -0.498. The summed E-state index contributed by atoms with van der Waals surface area (Å²) >= 11 is 0. The second-order valence-electron chi connectivity index (χ2n) is 5.11. The molecule has 1 aromatic rings. The van der Waals surface area contributed by atoms with E-state index in [-0.39, 0.29) is 11.3 Å². The number of nitro groups is 1. The average Bonchev–Trinajstić information content (AvgIpc) is 2.86. The fraction of sp³-hybridized carbons (Fsp3) is 0.500. The topological polar surface area (TPSA) is 63.5 Å². The Bertz CT molecular complexity index is 533. The molecule has 1 saturated heterocycles. The van der Waals surface area contributed by atoms with Crippen LogP contribution in [0, 0.1) is 21.8 Å². The van der Waals surface area contributed by atoms with Gasteiger partial charge in [0.15, 0.2) is 0 Å². The van der Waals surface area contributed by atoms with Gasteiger partial charge in [0, 0.05) is 19.2 Å². The van der Waals surface area contributed by atoms with Crippen molar-refractivity contribution in [2.45, 2.75) is 26.2 Å². The number of carbonyl (C=O) groups excluding carboxylic acids is 1. The average molecular weight is 280 g/mol. The molecule has 0 radical (unpaired) electrons. The number of nitrogens with zero attached hydrogens (tertiary/aromatic N) is 2. The molecule has 0 bridgehead atoms. The van der Waals surface area contributed by atoms with Gasteiger partial charge >= 0.3 is 0 Å². The SMILES string of the molecule is CCCC1CCN(C(=O)c2cc(F)ccc2[N+](=O)[O-])C1. The molecule has 1 atom stereocenters. The van der Waals surface area contributed by atoms with Crippen LogP contribution in [-0.4, -0.2) is 28.8 Å². The number of amides is 1. The summed E-state index contributed by atoms with van der Waals surface area (Å²) in [7, 11) is 0. The Morgan fingerprint density at radius 3 is 2.95 bits per heavy atom. The summed E-state index contributed by atoms with van der Waals surface area (Å²) in [5, 5.41) is 10.9. The molecule has 1 heterocycles. The lowest BCUT2D eigenvalue weighted by Crippen LogP contribution is -2.29. The monoisotopic (exact) mass is 280 g/mol. The first-order valence-corrected chi connectivity index (χ1v) is 6.76. The van der Waals surface area contributed by atoms with Crippen molar-refractivity contribution in [1.82, 2.24) is 4.90 Å². The Kier molecular flexibility index (Phi) is 4.32. The lowest BCUT2D eigenvalue weighted by Gasteiger charge is -2.16. The standard InChI is InChI=1S/C14H17FN2O3/c1-2-3-10-6-7-16(9-10)14(18)12-8-11(15)4-5-13(12)17(19)20/h4-5,8,10H,2-3,6-7,9H2,1H3. The summed E-state index contributed by atoms with van der Waals surface area (Å²) in [6, 6.07) is 2.99. The molecule has 1 aromatic carbocycles. The highest BCUT2D eigenvalue weighted by Crippen LogP contribution is 2.26. The molecule has 1 amide bonds. The minimum Gasteiger partial charge on any atom is -0.338 e. The molecule has 1 fully saturated rings. The first-order chi connectivity index (χ1) is 9.52. The molecule has 1 aliphatic heterocycles. The van der Waals surface area contributed by atoms with Crippen molar-refractivity contribution in [2.24, 2.45) is 5.92 Å². The molecule has 0 aliphatic carbocycles. The molecule has 0 spiro atoms. The van der Waals surface area contributed by atoms with E-state index in [1.165, 1.54) is 0 Å². The van der Waals surface area contributed by atoms with Crippen molar-refractivity contribution in [3.63, 3.8) is 0 Å². The summed E-state index contributed by atoms with van der Waals surface area (Å²) in [6.45, 7) is 3.26. The third-order valence-electron chi connectivity index (χ3n) is 3.66. The van der Waals surface area contributed by atoms with E-state index in [0.717, 1.165) is 37.5 Å². The van der Waals surface area contributed by atoms with Gasteiger partial charge in [-0.2, -0.15) is 0 Å². The van der Waals surface area contributed by atoms with Crippen molar-refractivity contribution in [2.75, 3.05) is 13.1 Å². The zero-order valence-electron chi connectivity index (χ0n) is 11.3.